The zero-order valence-electron chi connectivity index (χ0n) is 13.4. The molecular weight excluding hydrogens is 280 g/mol. The Hall–Kier alpha value is -1.67. The third-order valence-electron chi connectivity index (χ3n) is 1.95. The van der Waals surface area contributed by atoms with Crippen LogP contribution in [0.4, 0.5) is 0 Å². The fourth-order valence-corrected chi connectivity index (χ4v) is 0.972. The molecule has 8 nitrogen and oxygen atoms in total. The smallest absolute Gasteiger partial charge is 0.328 e. The highest BCUT2D eigenvalue weighted by molar-refractivity contribution is 5.87. The fraction of sp³-hybridized carbons (Fsp3) is 0.769. The van der Waals surface area contributed by atoms with E-state index in [4.69, 9.17) is 20.4 Å². The van der Waals surface area contributed by atoms with Crippen LogP contribution in [0, 0.1) is 0 Å². The Bertz CT molecular complexity index is 353. The lowest BCUT2D eigenvalue weighted by atomic mass is 10.2. The molecule has 0 aliphatic heterocycles. The van der Waals surface area contributed by atoms with Gasteiger partial charge in [-0.2, -0.15) is 0 Å². The lowest BCUT2D eigenvalue weighted by Gasteiger charge is -2.22. The first-order valence-electron chi connectivity index (χ1n) is 6.38. The molecule has 4 N–H and O–H groups in total. The second kappa shape index (κ2) is 10.1. The van der Waals surface area contributed by atoms with Crippen molar-refractivity contribution in [2.45, 2.75) is 52.3 Å². The number of esters is 1. The number of carbonyl (C=O) groups is 3. The van der Waals surface area contributed by atoms with Crippen molar-refractivity contribution >= 4 is 17.8 Å². The Morgan fingerprint density at radius 2 is 1.76 bits per heavy atom. The van der Waals surface area contributed by atoms with E-state index in [1.807, 2.05) is 20.8 Å². The van der Waals surface area contributed by atoms with Gasteiger partial charge in [-0.1, -0.05) is 0 Å². The van der Waals surface area contributed by atoms with Gasteiger partial charge in [0.1, 0.15) is 12.1 Å². The lowest BCUT2D eigenvalue weighted by Crippen LogP contribution is -2.50. The molecule has 2 atom stereocenters. The SMILES string of the molecule is CC(=O)O.COC(=O)C(C)NC(=O)C(N)COC(C)(C)C.[HH]. The molecule has 0 aromatic carbocycles. The maximum absolute atomic E-state index is 11.6. The highest BCUT2D eigenvalue weighted by Crippen LogP contribution is 2.06. The van der Waals surface area contributed by atoms with Crippen LogP contribution in [0.3, 0.4) is 0 Å². The Morgan fingerprint density at radius 1 is 1.33 bits per heavy atom. The van der Waals surface area contributed by atoms with Gasteiger partial charge in [0.2, 0.25) is 5.91 Å². The first-order chi connectivity index (χ1) is 9.40. The second-order valence-electron chi connectivity index (χ2n) is 5.30. The van der Waals surface area contributed by atoms with E-state index in [0.29, 0.717) is 0 Å². The Morgan fingerprint density at radius 3 is 2.10 bits per heavy atom. The maximum atomic E-state index is 11.6. The molecular formula is C13H28N2O6. The summed E-state index contributed by atoms with van der Waals surface area (Å²) < 4.78 is 9.86. The van der Waals surface area contributed by atoms with E-state index >= 15 is 0 Å². The quantitative estimate of drug-likeness (QED) is 0.616. The highest BCUT2D eigenvalue weighted by Gasteiger charge is 2.22. The number of carboxylic acids is 1. The van der Waals surface area contributed by atoms with Crippen molar-refractivity contribution in [2.24, 2.45) is 5.73 Å². The van der Waals surface area contributed by atoms with Gasteiger partial charge in [-0.15, -0.1) is 0 Å². The van der Waals surface area contributed by atoms with Crippen LogP contribution in [0.1, 0.15) is 36.0 Å². The summed E-state index contributed by atoms with van der Waals surface area (Å²) in [5.41, 5.74) is 5.27. The van der Waals surface area contributed by atoms with Crippen molar-refractivity contribution in [1.82, 2.24) is 5.32 Å². The van der Waals surface area contributed by atoms with E-state index in [1.165, 1.54) is 14.0 Å². The van der Waals surface area contributed by atoms with Crippen molar-refractivity contribution in [1.29, 1.82) is 0 Å². The van der Waals surface area contributed by atoms with Gasteiger partial charge in [0, 0.05) is 8.35 Å². The standard InChI is InChI=1S/C11H22N2O4.C2H4O2.H2/c1-7(10(15)16-5)13-9(14)8(12)6-17-11(2,3)4;1-2(3)4;/h7-8H,6,12H2,1-5H3,(H,13,14);1H3,(H,3,4);1H. The number of hydrogen-bond acceptors (Lipinski definition) is 6. The summed E-state index contributed by atoms with van der Waals surface area (Å²) in [6.45, 7) is 8.32. The molecule has 0 aliphatic carbocycles. The molecule has 2 unspecified atom stereocenters. The van der Waals surface area contributed by atoms with Crippen molar-refractivity contribution in [3.05, 3.63) is 0 Å². The number of hydrogen-bond donors (Lipinski definition) is 3. The van der Waals surface area contributed by atoms with Gasteiger partial charge in [0.05, 0.1) is 19.3 Å². The van der Waals surface area contributed by atoms with Gasteiger partial charge in [-0.25, -0.2) is 4.79 Å². The third kappa shape index (κ3) is 14.5. The predicted molar refractivity (Wildman–Crippen MR) is 78.7 cm³/mol. The zero-order chi connectivity index (χ0) is 17.2. The molecule has 0 saturated carbocycles. The van der Waals surface area contributed by atoms with E-state index in [9.17, 15) is 9.59 Å². The van der Waals surface area contributed by atoms with Crippen molar-refractivity contribution in [2.75, 3.05) is 13.7 Å². The van der Waals surface area contributed by atoms with E-state index in [0.717, 1.165) is 6.92 Å². The predicted octanol–water partition coefficient (Wildman–Crippen LogP) is 0.143. The molecule has 0 radical (unpaired) electrons. The van der Waals surface area contributed by atoms with Crippen LogP contribution in [0.2, 0.25) is 0 Å². The van der Waals surface area contributed by atoms with Crippen LogP contribution in [-0.2, 0) is 23.9 Å². The first kappa shape index (κ1) is 21.6. The number of aliphatic carboxylic acids is 1. The van der Waals surface area contributed by atoms with Gasteiger partial charge < -0.3 is 25.6 Å². The molecule has 0 aliphatic rings. The Balaban J connectivity index is -0.000000640. The van der Waals surface area contributed by atoms with Crippen molar-refractivity contribution < 1.29 is 30.4 Å². The summed E-state index contributed by atoms with van der Waals surface area (Å²) in [6, 6.07) is -1.52. The summed E-state index contributed by atoms with van der Waals surface area (Å²) in [6.07, 6.45) is 0. The van der Waals surface area contributed by atoms with E-state index < -0.39 is 29.9 Å². The minimum absolute atomic E-state index is 0. The van der Waals surface area contributed by atoms with Crippen molar-refractivity contribution in [3.63, 3.8) is 0 Å². The molecule has 0 aromatic heterocycles. The average Bonchev–Trinajstić information content (AvgIpc) is 2.32. The van der Waals surface area contributed by atoms with E-state index in [1.54, 1.807) is 0 Å². The van der Waals surface area contributed by atoms with Crippen LogP contribution >= 0.6 is 0 Å². The molecule has 0 fully saturated rings. The monoisotopic (exact) mass is 308 g/mol. The van der Waals surface area contributed by atoms with Crippen LogP contribution in [0.25, 0.3) is 0 Å². The van der Waals surface area contributed by atoms with E-state index in [2.05, 4.69) is 10.1 Å². The number of carbonyl (C=O) groups excluding carboxylic acids is 2. The Kier molecular flexibility index (Phi) is 10.4. The molecule has 0 aromatic rings. The van der Waals surface area contributed by atoms with Gasteiger partial charge in [-0.3, -0.25) is 9.59 Å². The summed E-state index contributed by atoms with van der Waals surface area (Å²) in [4.78, 5) is 31.6. The minimum Gasteiger partial charge on any atom is -0.481 e. The lowest BCUT2D eigenvalue weighted by molar-refractivity contribution is -0.145. The number of methoxy groups -OCH3 is 1. The van der Waals surface area contributed by atoms with Crippen LogP contribution in [0.5, 0.6) is 0 Å². The minimum atomic E-state index is -0.833. The molecule has 0 spiro atoms. The normalized spacial score (nSPS) is 13.3. The average molecular weight is 308 g/mol. The van der Waals surface area contributed by atoms with Gasteiger partial charge in [0.25, 0.3) is 5.97 Å². The van der Waals surface area contributed by atoms with E-state index in [-0.39, 0.29) is 13.6 Å². The topological polar surface area (TPSA) is 128 Å². The van der Waals surface area contributed by atoms with Crippen molar-refractivity contribution in [3.8, 4) is 0 Å². The number of rotatable bonds is 5. The molecule has 0 bridgehead atoms. The molecule has 0 heterocycles. The zero-order valence-corrected chi connectivity index (χ0v) is 13.4. The van der Waals surface area contributed by atoms with Gasteiger partial charge in [-0.05, 0) is 27.7 Å². The maximum Gasteiger partial charge on any atom is 0.328 e. The fourth-order valence-electron chi connectivity index (χ4n) is 0.972. The molecule has 1 amide bonds. The number of amides is 1. The van der Waals surface area contributed by atoms with Gasteiger partial charge >= 0.3 is 5.97 Å². The Labute approximate surface area is 126 Å². The highest BCUT2D eigenvalue weighted by atomic mass is 16.5. The van der Waals surface area contributed by atoms with Crippen LogP contribution in [0.15, 0.2) is 0 Å². The van der Waals surface area contributed by atoms with Crippen LogP contribution in [-0.4, -0.2) is 54.4 Å². The van der Waals surface area contributed by atoms with Crippen LogP contribution < -0.4 is 11.1 Å². The molecule has 21 heavy (non-hydrogen) atoms. The second-order valence-corrected chi connectivity index (χ2v) is 5.30. The summed E-state index contributed by atoms with van der Waals surface area (Å²) >= 11 is 0. The first-order valence-corrected chi connectivity index (χ1v) is 6.38. The summed E-state index contributed by atoms with van der Waals surface area (Å²) in [5, 5.41) is 9.86. The number of ether oxygens (including phenoxy) is 2. The summed E-state index contributed by atoms with van der Waals surface area (Å²) in [7, 11) is 1.26. The molecule has 0 saturated heterocycles. The number of carboxylic acid groups (broad SMARTS) is 1. The van der Waals surface area contributed by atoms with Gasteiger partial charge in [0.15, 0.2) is 0 Å². The molecule has 8 heteroatoms. The molecule has 126 valence electrons. The summed E-state index contributed by atoms with van der Waals surface area (Å²) in [5.74, 6) is -1.78. The largest absolute Gasteiger partial charge is 0.481 e. The molecule has 0 rings (SSSR count). The number of nitrogens with two attached hydrogens (primary N) is 1. The number of nitrogens with one attached hydrogen (secondary N) is 1. The third-order valence-corrected chi connectivity index (χ3v) is 1.95.